The average molecular weight is 488 g/mol. The van der Waals surface area contributed by atoms with Crippen LogP contribution in [0.1, 0.15) is 30.9 Å². The summed E-state index contributed by atoms with van der Waals surface area (Å²) in [5, 5.41) is 7.56. The van der Waals surface area contributed by atoms with E-state index in [9.17, 15) is 14.4 Å². The first kappa shape index (κ1) is 23.8. The van der Waals surface area contributed by atoms with E-state index in [4.69, 9.17) is 9.47 Å². The van der Waals surface area contributed by atoms with Crippen LogP contribution in [0.3, 0.4) is 0 Å². The van der Waals surface area contributed by atoms with Crippen LogP contribution in [-0.2, 0) is 19.9 Å². The zero-order valence-electron chi connectivity index (χ0n) is 20.4. The summed E-state index contributed by atoms with van der Waals surface area (Å²) in [5.74, 6) is -0.444. The molecule has 0 radical (unpaired) electrons. The van der Waals surface area contributed by atoms with Gasteiger partial charge < -0.3 is 20.1 Å². The molecule has 36 heavy (non-hydrogen) atoms. The van der Waals surface area contributed by atoms with E-state index in [1.54, 1.807) is 13.0 Å². The van der Waals surface area contributed by atoms with E-state index in [1.165, 1.54) is 0 Å². The van der Waals surface area contributed by atoms with Crippen molar-refractivity contribution in [2.75, 3.05) is 25.1 Å². The van der Waals surface area contributed by atoms with Crippen molar-refractivity contribution < 1.29 is 23.9 Å². The van der Waals surface area contributed by atoms with Gasteiger partial charge in [-0.3, -0.25) is 14.5 Å². The summed E-state index contributed by atoms with van der Waals surface area (Å²) < 4.78 is 11.6. The quantitative estimate of drug-likeness (QED) is 0.489. The second kappa shape index (κ2) is 9.62. The van der Waals surface area contributed by atoms with E-state index in [1.807, 2.05) is 61.5 Å². The number of aryl methyl sites for hydroxylation is 1. The van der Waals surface area contributed by atoms with Crippen molar-refractivity contribution in [2.24, 2.45) is 0 Å². The van der Waals surface area contributed by atoms with Crippen molar-refractivity contribution in [3.63, 3.8) is 0 Å². The fraction of sp³-hybridized carbons (Fsp3) is 0.321. The molecule has 0 bridgehead atoms. The molecule has 186 valence electrons. The molecule has 2 fully saturated rings. The van der Waals surface area contributed by atoms with Gasteiger partial charge in [-0.15, -0.1) is 0 Å². The van der Waals surface area contributed by atoms with Crippen molar-refractivity contribution in [3.8, 4) is 5.75 Å². The van der Waals surface area contributed by atoms with Crippen molar-refractivity contribution in [1.29, 1.82) is 0 Å². The molecule has 0 aliphatic carbocycles. The number of hydrogen-bond donors (Lipinski definition) is 2. The number of imide groups is 1. The molecule has 5 rings (SSSR count). The Hall–Kier alpha value is -3.91. The van der Waals surface area contributed by atoms with Crippen LogP contribution in [0.25, 0.3) is 10.8 Å². The van der Waals surface area contributed by atoms with E-state index >= 15 is 0 Å². The summed E-state index contributed by atoms with van der Waals surface area (Å²) in [6, 6.07) is 18.3. The molecule has 2 N–H and O–H groups in total. The highest BCUT2D eigenvalue weighted by Crippen LogP contribution is 2.31. The SMILES string of the molecule is Cc1ccc(NC(=O)CN2C(=O)NC(C)(c3ccc4ccccc4c3)C2=O)c(OCC2CCCO2)c1. The second-order valence-corrected chi connectivity index (χ2v) is 9.50. The number of nitrogens with one attached hydrogen (secondary N) is 2. The lowest BCUT2D eigenvalue weighted by atomic mass is 9.90. The molecule has 0 saturated carbocycles. The summed E-state index contributed by atoms with van der Waals surface area (Å²) in [6.45, 7) is 4.31. The van der Waals surface area contributed by atoms with Crippen molar-refractivity contribution >= 4 is 34.3 Å². The van der Waals surface area contributed by atoms with Gasteiger partial charge in [0.1, 0.15) is 24.4 Å². The summed E-state index contributed by atoms with van der Waals surface area (Å²) >= 11 is 0. The minimum atomic E-state index is -1.26. The minimum absolute atomic E-state index is 0.0350. The molecule has 8 nitrogen and oxygen atoms in total. The minimum Gasteiger partial charge on any atom is -0.489 e. The molecule has 2 aliphatic heterocycles. The largest absolute Gasteiger partial charge is 0.489 e. The Morgan fingerprint density at radius 2 is 1.94 bits per heavy atom. The number of fused-ring (bicyclic) bond motifs is 1. The van der Waals surface area contributed by atoms with Crippen LogP contribution in [0.2, 0.25) is 0 Å². The number of rotatable bonds is 7. The van der Waals surface area contributed by atoms with Gasteiger partial charge in [0, 0.05) is 6.61 Å². The van der Waals surface area contributed by atoms with Crippen LogP contribution in [-0.4, -0.2) is 48.6 Å². The van der Waals surface area contributed by atoms with Gasteiger partial charge in [0.05, 0.1) is 11.8 Å². The number of hydrogen-bond acceptors (Lipinski definition) is 5. The number of carbonyl (C=O) groups is 3. The number of carbonyl (C=O) groups excluding carboxylic acids is 3. The maximum absolute atomic E-state index is 13.3. The zero-order chi connectivity index (χ0) is 25.3. The summed E-state index contributed by atoms with van der Waals surface area (Å²) in [4.78, 5) is 40.0. The van der Waals surface area contributed by atoms with E-state index in [0.717, 1.165) is 40.7 Å². The number of nitrogens with zero attached hydrogens (tertiary/aromatic N) is 1. The van der Waals surface area contributed by atoms with Gasteiger partial charge >= 0.3 is 6.03 Å². The first-order valence-corrected chi connectivity index (χ1v) is 12.1. The van der Waals surface area contributed by atoms with Gasteiger partial charge in [0.2, 0.25) is 5.91 Å². The maximum Gasteiger partial charge on any atom is 0.325 e. The van der Waals surface area contributed by atoms with E-state index < -0.39 is 29.9 Å². The van der Waals surface area contributed by atoms with Crippen LogP contribution < -0.4 is 15.4 Å². The lowest BCUT2D eigenvalue weighted by Gasteiger charge is -2.22. The average Bonchev–Trinajstić information content (AvgIpc) is 3.47. The predicted octanol–water partition coefficient (Wildman–Crippen LogP) is 4.11. The zero-order valence-corrected chi connectivity index (χ0v) is 20.4. The maximum atomic E-state index is 13.3. The molecule has 2 heterocycles. The Labute approximate surface area is 209 Å². The highest BCUT2D eigenvalue weighted by molar-refractivity contribution is 6.10. The third kappa shape index (κ3) is 4.64. The Bertz CT molecular complexity index is 1330. The molecule has 4 amide bonds. The lowest BCUT2D eigenvalue weighted by molar-refractivity contribution is -0.133. The molecule has 0 spiro atoms. The topological polar surface area (TPSA) is 97.0 Å². The molecule has 2 saturated heterocycles. The van der Waals surface area contributed by atoms with Gasteiger partial charge in [-0.2, -0.15) is 0 Å². The Balaban J connectivity index is 1.29. The van der Waals surface area contributed by atoms with E-state index in [-0.39, 0.29) is 6.10 Å². The van der Waals surface area contributed by atoms with E-state index in [2.05, 4.69) is 10.6 Å². The number of anilines is 1. The third-order valence-corrected chi connectivity index (χ3v) is 6.76. The number of benzene rings is 3. The van der Waals surface area contributed by atoms with Gasteiger partial charge in [0.15, 0.2) is 0 Å². The van der Waals surface area contributed by atoms with Crippen molar-refractivity contribution in [3.05, 3.63) is 71.8 Å². The summed E-state index contributed by atoms with van der Waals surface area (Å²) in [5.41, 5.74) is 0.857. The monoisotopic (exact) mass is 487 g/mol. The molecular weight excluding hydrogens is 458 g/mol. The van der Waals surface area contributed by atoms with E-state index in [0.29, 0.717) is 23.6 Å². The molecule has 2 aliphatic rings. The first-order chi connectivity index (χ1) is 17.3. The van der Waals surface area contributed by atoms with Crippen LogP contribution in [0.4, 0.5) is 10.5 Å². The number of amides is 4. The molecule has 3 aromatic carbocycles. The fourth-order valence-electron chi connectivity index (χ4n) is 4.68. The molecule has 2 unspecified atom stereocenters. The highest BCUT2D eigenvalue weighted by atomic mass is 16.5. The summed E-state index contributed by atoms with van der Waals surface area (Å²) in [7, 11) is 0. The normalized spacial score (nSPS) is 21.6. The smallest absolute Gasteiger partial charge is 0.325 e. The fourth-order valence-corrected chi connectivity index (χ4v) is 4.68. The standard InChI is InChI=1S/C28H29N3O5/c1-18-9-12-23(24(14-18)36-17-22-8-5-13-35-22)29-25(32)16-31-26(33)28(2,30-27(31)34)21-11-10-19-6-3-4-7-20(19)15-21/h3-4,6-7,9-12,14-15,22H,5,8,13,16-17H2,1-2H3,(H,29,32)(H,30,34). The van der Waals surface area contributed by atoms with Crippen LogP contribution in [0, 0.1) is 6.92 Å². The molecule has 3 aromatic rings. The van der Waals surface area contributed by atoms with Crippen LogP contribution in [0.5, 0.6) is 5.75 Å². The molecule has 2 atom stereocenters. The number of urea groups is 1. The Morgan fingerprint density at radius 3 is 2.72 bits per heavy atom. The van der Waals surface area contributed by atoms with Crippen molar-refractivity contribution in [1.82, 2.24) is 10.2 Å². The van der Waals surface area contributed by atoms with Crippen LogP contribution >= 0.6 is 0 Å². The molecule has 8 heteroatoms. The highest BCUT2D eigenvalue weighted by Gasteiger charge is 2.49. The Morgan fingerprint density at radius 1 is 1.14 bits per heavy atom. The number of ether oxygens (including phenoxy) is 2. The third-order valence-electron chi connectivity index (χ3n) is 6.76. The first-order valence-electron chi connectivity index (χ1n) is 12.1. The molecule has 0 aromatic heterocycles. The van der Waals surface area contributed by atoms with Gasteiger partial charge in [-0.1, -0.05) is 42.5 Å². The van der Waals surface area contributed by atoms with Gasteiger partial charge in [-0.25, -0.2) is 4.79 Å². The Kier molecular flexibility index (Phi) is 6.36. The van der Waals surface area contributed by atoms with Gasteiger partial charge in [0.25, 0.3) is 5.91 Å². The molecular formula is C28H29N3O5. The van der Waals surface area contributed by atoms with Crippen LogP contribution in [0.15, 0.2) is 60.7 Å². The second-order valence-electron chi connectivity index (χ2n) is 9.50. The lowest BCUT2D eigenvalue weighted by Crippen LogP contribution is -2.42. The summed E-state index contributed by atoms with van der Waals surface area (Å²) in [6.07, 6.45) is 1.98. The predicted molar refractivity (Wildman–Crippen MR) is 136 cm³/mol. The van der Waals surface area contributed by atoms with Crippen molar-refractivity contribution in [2.45, 2.75) is 38.3 Å². The van der Waals surface area contributed by atoms with Gasteiger partial charge in [-0.05, 0) is 66.8 Å².